The number of non-ortho nitro benzene ring substituents is 1. The minimum absolute atomic E-state index is 0.0226. The van der Waals surface area contributed by atoms with Crippen LogP contribution in [-0.2, 0) is 0 Å². The second-order valence-corrected chi connectivity index (χ2v) is 5.03. The van der Waals surface area contributed by atoms with Gasteiger partial charge >= 0.3 is 0 Å². The van der Waals surface area contributed by atoms with Crippen LogP contribution < -0.4 is 5.32 Å². The van der Waals surface area contributed by atoms with E-state index >= 15 is 0 Å². The summed E-state index contributed by atoms with van der Waals surface area (Å²) in [7, 11) is 0. The molecule has 0 saturated carbocycles. The molecule has 0 bridgehead atoms. The van der Waals surface area contributed by atoms with Gasteiger partial charge < -0.3 is 0 Å². The molecule has 2 N–H and O–H groups in total. The number of pyridine rings is 1. The van der Waals surface area contributed by atoms with Gasteiger partial charge in [-0.2, -0.15) is 4.98 Å². The maximum atomic E-state index is 12.1. The summed E-state index contributed by atoms with van der Waals surface area (Å²) in [6.07, 6.45) is 2.79. The van der Waals surface area contributed by atoms with E-state index in [1.165, 1.54) is 36.7 Å². The van der Waals surface area contributed by atoms with Gasteiger partial charge in [0.05, 0.1) is 15.5 Å². The lowest BCUT2D eigenvalue weighted by Gasteiger charge is -2.02. The van der Waals surface area contributed by atoms with Crippen molar-refractivity contribution >= 4 is 29.1 Å². The number of benzene rings is 1. The minimum Gasteiger partial charge on any atom is -0.289 e. The molecule has 3 rings (SSSR count). The van der Waals surface area contributed by atoms with Gasteiger partial charge in [0.2, 0.25) is 5.95 Å². The number of nitrogens with one attached hydrogen (secondary N) is 2. The normalized spacial score (nSPS) is 10.4. The first-order valence-corrected chi connectivity index (χ1v) is 7.00. The lowest BCUT2D eigenvalue weighted by molar-refractivity contribution is -0.384. The molecule has 2 aromatic heterocycles. The molecule has 0 unspecified atom stereocenters. The molecule has 1 aromatic carbocycles. The molecule has 0 aliphatic carbocycles. The van der Waals surface area contributed by atoms with Crippen molar-refractivity contribution in [2.45, 2.75) is 0 Å². The molecule has 0 aliphatic rings. The van der Waals surface area contributed by atoms with Crippen molar-refractivity contribution in [2.75, 3.05) is 5.32 Å². The van der Waals surface area contributed by atoms with Crippen LogP contribution in [0, 0.1) is 10.1 Å². The summed E-state index contributed by atoms with van der Waals surface area (Å²) < 4.78 is 0. The van der Waals surface area contributed by atoms with Crippen molar-refractivity contribution in [2.24, 2.45) is 0 Å². The van der Waals surface area contributed by atoms with Crippen LogP contribution in [0.15, 0.2) is 42.7 Å². The van der Waals surface area contributed by atoms with E-state index in [0.29, 0.717) is 5.56 Å². The fraction of sp³-hybridized carbons (Fsp3) is 0. The number of aromatic amines is 1. The predicted molar refractivity (Wildman–Crippen MR) is 85.7 cm³/mol. The molecule has 0 aliphatic heterocycles. The zero-order valence-electron chi connectivity index (χ0n) is 11.9. The number of carbonyl (C=O) groups excluding carboxylic acids is 1. The molecule has 0 radical (unpaired) electrons. The average molecular weight is 345 g/mol. The molecule has 120 valence electrons. The maximum absolute atomic E-state index is 12.1. The number of aromatic nitrogens is 4. The van der Waals surface area contributed by atoms with Gasteiger partial charge in [0, 0.05) is 30.1 Å². The smallest absolute Gasteiger partial charge is 0.270 e. The van der Waals surface area contributed by atoms with Crippen LogP contribution in [0.2, 0.25) is 5.02 Å². The zero-order valence-corrected chi connectivity index (χ0v) is 12.7. The molecule has 0 spiro atoms. The van der Waals surface area contributed by atoms with Gasteiger partial charge in [0.1, 0.15) is 0 Å². The maximum Gasteiger partial charge on any atom is 0.270 e. The number of nitro groups is 1. The second kappa shape index (κ2) is 6.42. The van der Waals surface area contributed by atoms with Crippen LogP contribution in [-0.4, -0.2) is 31.0 Å². The molecule has 3 aromatic rings. The third kappa shape index (κ3) is 3.20. The summed E-state index contributed by atoms with van der Waals surface area (Å²) in [6.45, 7) is 0. The van der Waals surface area contributed by atoms with E-state index in [1.54, 1.807) is 6.07 Å². The van der Waals surface area contributed by atoms with Crippen LogP contribution in [0.4, 0.5) is 11.6 Å². The van der Waals surface area contributed by atoms with E-state index in [4.69, 9.17) is 11.6 Å². The Bertz CT molecular complexity index is 926. The number of nitrogens with zero attached hydrogens (tertiary/aromatic N) is 4. The van der Waals surface area contributed by atoms with E-state index in [2.05, 4.69) is 25.5 Å². The molecule has 0 atom stereocenters. The summed E-state index contributed by atoms with van der Waals surface area (Å²) in [6, 6.07) is 7.36. The summed E-state index contributed by atoms with van der Waals surface area (Å²) >= 11 is 5.90. The topological polar surface area (TPSA) is 127 Å². The molecule has 24 heavy (non-hydrogen) atoms. The SMILES string of the molecule is O=C(Nc1n[nH]c(-c2cccc([N+](=O)[O-])c2)n1)c1ccncc1Cl. The van der Waals surface area contributed by atoms with Crippen LogP contribution in [0.5, 0.6) is 0 Å². The zero-order chi connectivity index (χ0) is 17.1. The van der Waals surface area contributed by atoms with E-state index in [9.17, 15) is 14.9 Å². The third-order valence-electron chi connectivity index (χ3n) is 3.06. The largest absolute Gasteiger partial charge is 0.289 e. The van der Waals surface area contributed by atoms with E-state index in [1.807, 2.05) is 0 Å². The second-order valence-electron chi connectivity index (χ2n) is 4.62. The molecule has 10 heteroatoms. The summed E-state index contributed by atoms with van der Waals surface area (Å²) in [4.78, 5) is 30.3. The Balaban J connectivity index is 1.81. The van der Waals surface area contributed by atoms with Crippen molar-refractivity contribution in [3.63, 3.8) is 0 Å². The van der Waals surface area contributed by atoms with Gasteiger partial charge in [0.25, 0.3) is 11.6 Å². The van der Waals surface area contributed by atoms with Gasteiger partial charge in [0.15, 0.2) is 5.82 Å². The first-order chi connectivity index (χ1) is 11.5. The van der Waals surface area contributed by atoms with E-state index in [0.717, 1.165) is 0 Å². The molecular weight excluding hydrogens is 336 g/mol. The molecule has 9 nitrogen and oxygen atoms in total. The van der Waals surface area contributed by atoms with Crippen LogP contribution >= 0.6 is 11.6 Å². The number of carbonyl (C=O) groups is 1. The van der Waals surface area contributed by atoms with E-state index in [-0.39, 0.29) is 28.0 Å². The third-order valence-corrected chi connectivity index (χ3v) is 3.36. The lowest BCUT2D eigenvalue weighted by atomic mass is 10.2. The van der Waals surface area contributed by atoms with Crippen LogP contribution in [0.1, 0.15) is 10.4 Å². The Morgan fingerprint density at radius 3 is 2.92 bits per heavy atom. The summed E-state index contributed by atoms with van der Waals surface area (Å²) in [5.41, 5.74) is 0.630. The average Bonchev–Trinajstić information content (AvgIpc) is 3.04. The van der Waals surface area contributed by atoms with Crippen molar-refractivity contribution in [3.05, 3.63) is 63.4 Å². The van der Waals surface area contributed by atoms with Crippen LogP contribution in [0.25, 0.3) is 11.4 Å². The number of nitro benzene ring substituents is 1. The first kappa shape index (κ1) is 15.6. The standard InChI is InChI=1S/C14H9ClN6O3/c15-11-7-16-5-4-10(11)13(22)18-14-17-12(19-20-14)8-2-1-3-9(6-8)21(23)24/h1-7H,(H2,17,18,19,20,22). The Morgan fingerprint density at radius 2 is 2.17 bits per heavy atom. The quantitative estimate of drug-likeness (QED) is 0.553. The number of hydrogen-bond acceptors (Lipinski definition) is 6. The summed E-state index contributed by atoms with van der Waals surface area (Å²) in [5.74, 6) is -0.184. The fourth-order valence-corrected chi connectivity index (χ4v) is 2.15. The van der Waals surface area contributed by atoms with Crippen LogP contribution in [0.3, 0.4) is 0 Å². The number of rotatable bonds is 4. The highest BCUT2D eigenvalue weighted by atomic mass is 35.5. The first-order valence-electron chi connectivity index (χ1n) is 6.62. The molecule has 0 fully saturated rings. The minimum atomic E-state index is -0.506. The highest BCUT2D eigenvalue weighted by Crippen LogP contribution is 2.22. The Labute approximate surface area is 139 Å². The van der Waals surface area contributed by atoms with Crippen molar-refractivity contribution in [1.29, 1.82) is 0 Å². The summed E-state index contributed by atoms with van der Waals surface area (Å²) in [5, 5.41) is 20.0. The van der Waals surface area contributed by atoms with Gasteiger partial charge in [-0.3, -0.25) is 30.3 Å². The monoisotopic (exact) mass is 344 g/mol. The highest BCUT2D eigenvalue weighted by molar-refractivity contribution is 6.34. The molecular formula is C14H9ClN6O3. The molecule has 0 saturated heterocycles. The fourth-order valence-electron chi connectivity index (χ4n) is 1.94. The van der Waals surface area contributed by atoms with Gasteiger partial charge in [-0.05, 0) is 6.07 Å². The Kier molecular flexibility index (Phi) is 4.17. The van der Waals surface area contributed by atoms with Crippen molar-refractivity contribution in [3.8, 4) is 11.4 Å². The Hall–Kier alpha value is -3.33. The van der Waals surface area contributed by atoms with Gasteiger partial charge in [-0.25, -0.2) is 0 Å². The molecule has 2 heterocycles. The van der Waals surface area contributed by atoms with Crippen molar-refractivity contribution in [1.82, 2.24) is 20.2 Å². The lowest BCUT2D eigenvalue weighted by Crippen LogP contribution is -2.13. The van der Waals surface area contributed by atoms with Crippen molar-refractivity contribution < 1.29 is 9.72 Å². The number of halogens is 1. The number of H-pyrrole nitrogens is 1. The number of anilines is 1. The Morgan fingerprint density at radius 1 is 1.33 bits per heavy atom. The predicted octanol–water partition coefficient (Wildman–Crippen LogP) is 2.68. The highest BCUT2D eigenvalue weighted by Gasteiger charge is 2.14. The number of amides is 1. The van der Waals surface area contributed by atoms with E-state index < -0.39 is 10.8 Å². The molecule has 1 amide bonds. The van der Waals surface area contributed by atoms with Gasteiger partial charge in [-0.1, -0.05) is 23.7 Å². The van der Waals surface area contributed by atoms with Gasteiger partial charge in [-0.15, -0.1) is 5.10 Å². The number of hydrogen-bond donors (Lipinski definition) is 2.